The number of para-hydroxylation sites is 1. The number of hydrogen-bond acceptors (Lipinski definition) is 3. The van der Waals surface area contributed by atoms with Crippen LogP contribution in [0.2, 0.25) is 0 Å². The van der Waals surface area contributed by atoms with Crippen molar-refractivity contribution in [2.75, 3.05) is 20.1 Å². The summed E-state index contributed by atoms with van der Waals surface area (Å²) < 4.78 is 0. The maximum Gasteiger partial charge on any atom is 0.270 e. The second-order valence-corrected chi connectivity index (χ2v) is 9.79. The molecule has 1 aliphatic heterocycles. The lowest BCUT2D eigenvalue weighted by Gasteiger charge is -2.46. The Labute approximate surface area is 196 Å². The highest BCUT2D eigenvalue weighted by atomic mass is 16.2. The molecule has 3 aromatic rings. The van der Waals surface area contributed by atoms with Crippen molar-refractivity contribution in [1.82, 2.24) is 14.8 Å². The number of nitrogens with zero attached hydrogens (tertiary/aromatic N) is 3. The SMILES string of the molecule is CN(C(=O)c1cc2ccccc2[nH]1)C1(CCN2CCc3ccc(C#N)cc3C2)CCCCC1. The van der Waals surface area contributed by atoms with Gasteiger partial charge in [-0.3, -0.25) is 9.69 Å². The number of amides is 1. The molecule has 5 heteroatoms. The van der Waals surface area contributed by atoms with E-state index < -0.39 is 0 Å². The van der Waals surface area contributed by atoms with E-state index in [1.807, 2.05) is 54.4 Å². The van der Waals surface area contributed by atoms with Crippen LogP contribution in [0.25, 0.3) is 10.9 Å². The maximum atomic E-state index is 13.6. The van der Waals surface area contributed by atoms with Crippen LogP contribution in [0.3, 0.4) is 0 Å². The van der Waals surface area contributed by atoms with Crippen LogP contribution in [-0.4, -0.2) is 46.4 Å². The van der Waals surface area contributed by atoms with E-state index in [4.69, 9.17) is 0 Å². The predicted octanol–water partition coefficient (Wildman–Crippen LogP) is 5.26. The monoisotopic (exact) mass is 440 g/mol. The van der Waals surface area contributed by atoms with E-state index in [-0.39, 0.29) is 11.4 Å². The van der Waals surface area contributed by atoms with Gasteiger partial charge in [-0.25, -0.2) is 0 Å². The highest BCUT2D eigenvalue weighted by Crippen LogP contribution is 2.37. The summed E-state index contributed by atoms with van der Waals surface area (Å²) in [5.41, 5.74) is 4.98. The second-order valence-electron chi connectivity index (χ2n) is 9.79. The zero-order valence-corrected chi connectivity index (χ0v) is 19.4. The first-order valence-corrected chi connectivity index (χ1v) is 12.2. The molecule has 5 rings (SSSR count). The molecule has 0 atom stereocenters. The average molecular weight is 441 g/mol. The number of benzene rings is 2. The van der Waals surface area contributed by atoms with Gasteiger partial charge in [0.25, 0.3) is 5.91 Å². The van der Waals surface area contributed by atoms with Crippen molar-refractivity contribution < 1.29 is 4.79 Å². The van der Waals surface area contributed by atoms with Crippen molar-refractivity contribution in [3.05, 3.63) is 70.9 Å². The molecule has 0 bridgehead atoms. The summed E-state index contributed by atoms with van der Waals surface area (Å²) in [6.07, 6.45) is 7.76. The molecule has 33 heavy (non-hydrogen) atoms. The van der Waals surface area contributed by atoms with Crippen molar-refractivity contribution in [2.24, 2.45) is 0 Å². The lowest BCUT2D eigenvalue weighted by Crippen LogP contribution is -2.52. The lowest BCUT2D eigenvalue weighted by molar-refractivity contribution is 0.0354. The first-order valence-electron chi connectivity index (χ1n) is 12.2. The second kappa shape index (κ2) is 9.03. The highest BCUT2D eigenvalue weighted by molar-refractivity contribution is 5.98. The summed E-state index contributed by atoms with van der Waals surface area (Å²) in [4.78, 5) is 21.4. The van der Waals surface area contributed by atoms with Crippen LogP contribution in [0.4, 0.5) is 0 Å². The highest BCUT2D eigenvalue weighted by Gasteiger charge is 2.39. The van der Waals surface area contributed by atoms with Gasteiger partial charge in [-0.15, -0.1) is 0 Å². The summed E-state index contributed by atoms with van der Waals surface area (Å²) >= 11 is 0. The Balaban J connectivity index is 1.32. The van der Waals surface area contributed by atoms with Gasteiger partial charge >= 0.3 is 0 Å². The van der Waals surface area contributed by atoms with Crippen LogP contribution in [0, 0.1) is 11.3 Å². The van der Waals surface area contributed by atoms with Gasteiger partial charge < -0.3 is 9.88 Å². The summed E-state index contributed by atoms with van der Waals surface area (Å²) in [5, 5.41) is 10.3. The molecular weight excluding hydrogens is 408 g/mol. The number of carbonyl (C=O) groups excluding carboxylic acids is 1. The largest absolute Gasteiger partial charge is 0.351 e. The van der Waals surface area contributed by atoms with E-state index in [0.29, 0.717) is 5.69 Å². The lowest BCUT2D eigenvalue weighted by atomic mass is 9.77. The molecule has 2 aliphatic rings. The van der Waals surface area contributed by atoms with Gasteiger partial charge in [-0.1, -0.05) is 43.5 Å². The average Bonchev–Trinajstić information content (AvgIpc) is 3.31. The number of aromatic nitrogens is 1. The Kier molecular flexibility index (Phi) is 5.95. The Morgan fingerprint density at radius 3 is 2.73 bits per heavy atom. The van der Waals surface area contributed by atoms with Gasteiger partial charge in [0, 0.05) is 43.1 Å². The van der Waals surface area contributed by atoms with E-state index in [0.717, 1.165) is 61.8 Å². The number of fused-ring (bicyclic) bond motifs is 2. The summed E-state index contributed by atoms with van der Waals surface area (Å²) in [6, 6.07) is 18.4. The van der Waals surface area contributed by atoms with Crippen LogP contribution >= 0.6 is 0 Å². The number of nitriles is 1. The zero-order valence-electron chi connectivity index (χ0n) is 19.4. The third-order valence-corrected chi connectivity index (χ3v) is 7.88. The molecule has 1 saturated carbocycles. The summed E-state index contributed by atoms with van der Waals surface area (Å²) in [5.74, 6) is 0.0933. The molecule has 1 amide bonds. The number of hydrogen-bond donors (Lipinski definition) is 1. The fourth-order valence-corrected chi connectivity index (χ4v) is 5.79. The zero-order chi connectivity index (χ0) is 22.8. The standard InChI is InChI=1S/C28H32N4O/c1-31(27(33)26-18-23-7-3-4-8-25(23)30-26)28(12-5-2-6-13-28)14-16-32-15-11-22-10-9-21(19-29)17-24(22)20-32/h3-4,7-10,17-18,30H,2,5-6,11-16,20H2,1H3. The minimum atomic E-state index is -0.0958. The van der Waals surface area contributed by atoms with Crippen molar-refractivity contribution in [3.63, 3.8) is 0 Å². The van der Waals surface area contributed by atoms with Crippen LogP contribution in [0.5, 0.6) is 0 Å². The first-order chi connectivity index (χ1) is 16.1. The van der Waals surface area contributed by atoms with Gasteiger partial charge in [0.2, 0.25) is 0 Å². The van der Waals surface area contributed by atoms with Crippen molar-refractivity contribution in [3.8, 4) is 6.07 Å². The van der Waals surface area contributed by atoms with Gasteiger partial charge in [-0.05, 0) is 61.1 Å². The molecule has 0 radical (unpaired) electrons. The normalized spacial score (nSPS) is 17.9. The molecule has 1 fully saturated rings. The van der Waals surface area contributed by atoms with E-state index in [2.05, 4.69) is 22.0 Å². The smallest absolute Gasteiger partial charge is 0.270 e. The molecule has 1 N–H and O–H groups in total. The minimum Gasteiger partial charge on any atom is -0.351 e. The number of carbonyl (C=O) groups is 1. The Morgan fingerprint density at radius 1 is 1.12 bits per heavy atom. The van der Waals surface area contributed by atoms with Gasteiger partial charge in [-0.2, -0.15) is 5.26 Å². The molecular formula is C28H32N4O. The van der Waals surface area contributed by atoms with Crippen molar-refractivity contribution >= 4 is 16.8 Å². The maximum absolute atomic E-state index is 13.6. The first kappa shape index (κ1) is 21.7. The fourth-order valence-electron chi connectivity index (χ4n) is 5.79. The van der Waals surface area contributed by atoms with E-state index in [1.54, 1.807) is 0 Å². The Morgan fingerprint density at radius 2 is 1.94 bits per heavy atom. The quantitative estimate of drug-likeness (QED) is 0.588. The molecule has 1 aliphatic carbocycles. The number of aromatic amines is 1. The van der Waals surface area contributed by atoms with E-state index in [1.165, 1.54) is 30.4 Å². The van der Waals surface area contributed by atoms with Crippen molar-refractivity contribution in [1.29, 1.82) is 5.26 Å². The van der Waals surface area contributed by atoms with Crippen LogP contribution < -0.4 is 0 Å². The van der Waals surface area contributed by atoms with E-state index in [9.17, 15) is 10.1 Å². The van der Waals surface area contributed by atoms with E-state index >= 15 is 0 Å². The van der Waals surface area contributed by atoms with Gasteiger partial charge in [0.1, 0.15) is 5.69 Å². The van der Waals surface area contributed by atoms with Crippen LogP contribution in [0.1, 0.15) is 65.7 Å². The number of nitrogens with one attached hydrogen (secondary N) is 1. The number of H-pyrrole nitrogens is 1. The fraction of sp³-hybridized carbons (Fsp3) is 0.429. The van der Waals surface area contributed by atoms with Gasteiger partial charge in [0.05, 0.1) is 11.6 Å². The predicted molar refractivity (Wildman–Crippen MR) is 131 cm³/mol. The third kappa shape index (κ3) is 4.28. The molecule has 0 spiro atoms. The molecule has 5 nitrogen and oxygen atoms in total. The topological polar surface area (TPSA) is 63.1 Å². The molecule has 0 saturated heterocycles. The van der Waals surface area contributed by atoms with Gasteiger partial charge in [0.15, 0.2) is 0 Å². The number of rotatable bonds is 5. The van der Waals surface area contributed by atoms with Crippen LogP contribution in [-0.2, 0) is 13.0 Å². The van der Waals surface area contributed by atoms with Crippen molar-refractivity contribution in [2.45, 2.75) is 57.0 Å². The summed E-state index contributed by atoms with van der Waals surface area (Å²) in [7, 11) is 2.00. The molecule has 2 heterocycles. The molecule has 1 aromatic heterocycles. The Bertz CT molecular complexity index is 1170. The van der Waals surface area contributed by atoms with Crippen LogP contribution in [0.15, 0.2) is 48.5 Å². The molecule has 170 valence electrons. The molecule has 2 aromatic carbocycles. The summed E-state index contributed by atoms with van der Waals surface area (Å²) in [6.45, 7) is 2.90. The third-order valence-electron chi connectivity index (χ3n) is 7.88. The minimum absolute atomic E-state index is 0.0933. The molecule has 0 unspecified atom stereocenters. The Hall–Kier alpha value is -3.10.